The van der Waals surface area contributed by atoms with E-state index in [4.69, 9.17) is 0 Å². The molecule has 0 bridgehead atoms. The monoisotopic (exact) mass is 317 g/mol. The Kier molecular flexibility index (Phi) is 5.77. The van der Waals surface area contributed by atoms with Crippen molar-refractivity contribution >= 4 is 17.5 Å². The lowest BCUT2D eigenvalue weighted by molar-refractivity contribution is -0.133. The maximum Gasteiger partial charge on any atom is 0.244 e. The van der Waals surface area contributed by atoms with Crippen molar-refractivity contribution in [1.82, 2.24) is 9.80 Å². The van der Waals surface area contributed by atoms with Crippen molar-refractivity contribution in [3.05, 3.63) is 29.8 Å². The van der Waals surface area contributed by atoms with Gasteiger partial charge in [0.05, 0.1) is 12.6 Å². The maximum atomic E-state index is 12.8. The van der Waals surface area contributed by atoms with Crippen molar-refractivity contribution in [2.24, 2.45) is 0 Å². The molecule has 0 saturated carbocycles. The molecule has 2 amide bonds. The lowest BCUT2D eigenvalue weighted by Crippen LogP contribution is -2.49. The Morgan fingerprint density at radius 1 is 1.22 bits per heavy atom. The standard InChI is InChI=1S/C18H27N3O2/c1-5-20(6-2)17(22)13-19(4)14(3)18(23)21-12-11-15-9-7-8-10-16(15)21/h7-10,14H,5-6,11-13H2,1-4H3. The zero-order chi connectivity index (χ0) is 17.0. The topological polar surface area (TPSA) is 43.9 Å². The van der Waals surface area contributed by atoms with Crippen molar-refractivity contribution < 1.29 is 9.59 Å². The molecule has 5 nitrogen and oxygen atoms in total. The molecule has 0 aromatic heterocycles. The van der Waals surface area contributed by atoms with Crippen LogP contribution in [0.25, 0.3) is 0 Å². The van der Waals surface area contributed by atoms with Crippen molar-refractivity contribution in [2.75, 3.05) is 38.1 Å². The fourth-order valence-corrected chi connectivity index (χ4v) is 3.01. The van der Waals surface area contributed by atoms with Crippen molar-refractivity contribution in [2.45, 2.75) is 33.2 Å². The number of carbonyl (C=O) groups excluding carboxylic acids is 2. The summed E-state index contributed by atoms with van der Waals surface area (Å²) in [7, 11) is 1.84. The maximum absolute atomic E-state index is 12.8. The predicted octanol–water partition coefficient (Wildman–Crippen LogP) is 1.76. The molecule has 0 fully saturated rings. The smallest absolute Gasteiger partial charge is 0.244 e. The van der Waals surface area contributed by atoms with E-state index in [1.54, 1.807) is 4.90 Å². The molecule has 0 aliphatic carbocycles. The molecular weight excluding hydrogens is 290 g/mol. The summed E-state index contributed by atoms with van der Waals surface area (Å²) in [4.78, 5) is 30.5. The van der Waals surface area contributed by atoms with Crippen LogP contribution >= 0.6 is 0 Å². The van der Waals surface area contributed by atoms with Gasteiger partial charge in [-0.25, -0.2) is 0 Å². The van der Waals surface area contributed by atoms with Gasteiger partial charge in [0.25, 0.3) is 0 Å². The summed E-state index contributed by atoms with van der Waals surface area (Å²) in [6.07, 6.45) is 0.900. The molecule has 5 heteroatoms. The highest BCUT2D eigenvalue weighted by molar-refractivity contribution is 5.99. The fraction of sp³-hybridized carbons (Fsp3) is 0.556. The Balaban J connectivity index is 2.01. The number of fused-ring (bicyclic) bond motifs is 1. The third kappa shape index (κ3) is 3.72. The largest absolute Gasteiger partial charge is 0.342 e. The summed E-state index contributed by atoms with van der Waals surface area (Å²) in [5.74, 6) is 0.128. The second-order valence-corrected chi connectivity index (χ2v) is 6.03. The third-order valence-corrected chi connectivity index (χ3v) is 4.67. The Morgan fingerprint density at radius 2 is 1.87 bits per heavy atom. The number of carbonyl (C=O) groups is 2. The van der Waals surface area contributed by atoms with Gasteiger partial charge in [-0.1, -0.05) is 18.2 Å². The number of likely N-dealkylation sites (N-methyl/N-ethyl adjacent to an activating group) is 2. The van der Waals surface area contributed by atoms with E-state index in [9.17, 15) is 9.59 Å². The van der Waals surface area contributed by atoms with Crippen LogP contribution in [0.3, 0.4) is 0 Å². The number of amides is 2. The summed E-state index contributed by atoms with van der Waals surface area (Å²) < 4.78 is 0. The molecular formula is C18H27N3O2. The van der Waals surface area contributed by atoms with Gasteiger partial charge in [-0.2, -0.15) is 0 Å². The minimum atomic E-state index is -0.319. The molecule has 1 heterocycles. The van der Waals surface area contributed by atoms with E-state index in [-0.39, 0.29) is 24.4 Å². The van der Waals surface area contributed by atoms with Crippen LogP contribution in [0.15, 0.2) is 24.3 Å². The molecule has 0 radical (unpaired) electrons. The van der Waals surface area contributed by atoms with Gasteiger partial charge in [-0.05, 0) is 45.9 Å². The molecule has 1 atom stereocenters. The van der Waals surface area contributed by atoms with E-state index in [1.165, 1.54) is 5.56 Å². The number of hydrogen-bond donors (Lipinski definition) is 0. The van der Waals surface area contributed by atoms with E-state index >= 15 is 0 Å². The molecule has 1 unspecified atom stereocenters. The van der Waals surface area contributed by atoms with E-state index < -0.39 is 0 Å². The second-order valence-electron chi connectivity index (χ2n) is 6.03. The van der Waals surface area contributed by atoms with Gasteiger partial charge in [0.1, 0.15) is 0 Å². The summed E-state index contributed by atoms with van der Waals surface area (Å²) in [6, 6.07) is 7.71. The zero-order valence-electron chi connectivity index (χ0n) is 14.6. The van der Waals surface area contributed by atoms with Crippen LogP contribution in [0.2, 0.25) is 0 Å². The molecule has 0 spiro atoms. The van der Waals surface area contributed by atoms with Crippen molar-refractivity contribution in [3.8, 4) is 0 Å². The number of benzene rings is 1. The quantitative estimate of drug-likeness (QED) is 0.803. The SMILES string of the molecule is CCN(CC)C(=O)CN(C)C(C)C(=O)N1CCc2ccccc21. The zero-order valence-corrected chi connectivity index (χ0v) is 14.6. The minimum Gasteiger partial charge on any atom is -0.342 e. The molecule has 1 aromatic carbocycles. The van der Waals surface area contributed by atoms with E-state index in [0.717, 1.165) is 18.7 Å². The van der Waals surface area contributed by atoms with Gasteiger partial charge in [0.15, 0.2) is 0 Å². The first kappa shape index (κ1) is 17.5. The second kappa shape index (κ2) is 7.59. The third-order valence-electron chi connectivity index (χ3n) is 4.67. The van der Waals surface area contributed by atoms with E-state index in [0.29, 0.717) is 13.1 Å². The summed E-state index contributed by atoms with van der Waals surface area (Å²) in [5.41, 5.74) is 2.22. The summed E-state index contributed by atoms with van der Waals surface area (Å²) in [6.45, 7) is 8.20. The Bertz CT molecular complexity index is 569. The highest BCUT2D eigenvalue weighted by atomic mass is 16.2. The molecule has 1 aliphatic rings. The Hall–Kier alpha value is -1.88. The van der Waals surface area contributed by atoms with E-state index in [1.807, 2.05) is 55.8 Å². The van der Waals surface area contributed by atoms with Gasteiger partial charge in [0.2, 0.25) is 11.8 Å². The first-order chi connectivity index (χ1) is 11.0. The first-order valence-corrected chi connectivity index (χ1v) is 8.36. The molecule has 1 aromatic rings. The molecule has 2 rings (SSSR count). The highest BCUT2D eigenvalue weighted by Gasteiger charge is 2.30. The van der Waals surface area contributed by atoms with Crippen LogP contribution in [0.4, 0.5) is 5.69 Å². The van der Waals surface area contributed by atoms with Crippen molar-refractivity contribution in [1.29, 1.82) is 0 Å². The fourth-order valence-electron chi connectivity index (χ4n) is 3.01. The van der Waals surface area contributed by atoms with Gasteiger partial charge in [-0.15, -0.1) is 0 Å². The van der Waals surface area contributed by atoms with Crippen molar-refractivity contribution in [3.63, 3.8) is 0 Å². The van der Waals surface area contributed by atoms with Crippen LogP contribution in [0, 0.1) is 0 Å². The number of para-hydroxylation sites is 1. The lowest BCUT2D eigenvalue weighted by atomic mass is 10.2. The number of rotatable bonds is 6. The molecule has 126 valence electrons. The average Bonchev–Trinajstić information content (AvgIpc) is 2.98. The Morgan fingerprint density at radius 3 is 2.52 bits per heavy atom. The minimum absolute atomic E-state index is 0.0600. The molecule has 0 saturated heterocycles. The number of nitrogens with zero attached hydrogens (tertiary/aromatic N) is 3. The number of hydrogen-bond acceptors (Lipinski definition) is 3. The molecule has 23 heavy (non-hydrogen) atoms. The van der Waals surface area contributed by atoms with Crippen LogP contribution < -0.4 is 4.90 Å². The normalized spacial score (nSPS) is 14.7. The summed E-state index contributed by atoms with van der Waals surface area (Å²) >= 11 is 0. The summed E-state index contributed by atoms with van der Waals surface area (Å²) in [5, 5.41) is 0. The van der Waals surface area contributed by atoms with Gasteiger partial charge in [-0.3, -0.25) is 14.5 Å². The number of anilines is 1. The van der Waals surface area contributed by atoms with Crippen LogP contribution in [-0.4, -0.2) is 60.9 Å². The predicted molar refractivity (Wildman–Crippen MR) is 92.5 cm³/mol. The first-order valence-electron chi connectivity index (χ1n) is 8.36. The van der Waals surface area contributed by atoms with Gasteiger partial charge < -0.3 is 9.80 Å². The highest BCUT2D eigenvalue weighted by Crippen LogP contribution is 2.28. The molecule has 0 N–H and O–H groups in total. The average molecular weight is 317 g/mol. The van der Waals surface area contributed by atoms with E-state index in [2.05, 4.69) is 6.07 Å². The van der Waals surface area contributed by atoms with Gasteiger partial charge >= 0.3 is 0 Å². The van der Waals surface area contributed by atoms with Gasteiger partial charge in [0, 0.05) is 25.3 Å². The van der Waals surface area contributed by atoms with Crippen LogP contribution in [0.5, 0.6) is 0 Å². The van der Waals surface area contributed by atoms with Crippen LogP contribution in [-0.2, 0) is 16.0 Å². The lowest BCUT2D eigenvalue weighted by Gasteiger charge is -2.29. The van der Waals surface area contributed by atoms with Crippen LogP contribution in [0.1, 0.15) is 26.3 Å². The molecule has 1 aliphatic heterocycles. The Labute approximate surface area is 138 Å².